The minimum atomic E-state index is -0.206. The number of benzene rings is 2. The van der Waals surface area contributed by atoms with E-state index in [0.29, 0.717) is 47.5 Å². The quantitative estimate of drug-likeness (QED) is 0.647. The molecule has 0 aliphatic carbocycles. The number of ether oxygens (including phenoxy) is 2. The van der Waals surface area contributed by atoms with Gasteiger partial charge in [-0.25, -0.2) is 4.98 Å². The number of aryl methyl sites for hydroxylation is 1. The number of anilines is 2. The van der Waals surface area contributed by atoms with Crippen LogP contribution in [0.2, 0.25) is 0 Å². The molecule has 0 atom stereocenters. The predicted octanol–water partition coefficient (Wildman–Crippen LogP) is 3.74. The molecule has 1 aliphatic rings. The highest BCUT2D eigenvalue weighted by Crippen LogP contribution is 2.32. The maximum absolute atomic E-state index is 12.2. The van der Waals surface area contributed by atoms with E-state index in [1.54, 1.807) is 30.3 Å². The van der Waals surface area contributed by atoms with Crippen molar-refractivity contribution in [1.29, 1.82) is 0 Å². The lowest BCUT2D eigenvalue weighted by molar-refractivity contribution is -0.116. The third kappa shape index (κ3) is 4.91. The van der Waals surface area contributed by atoms with E-state index in [0.717, 1.165) is 5.69 Å². The van der Waals surface area contributed by atoms with Gasteiger partial charge in [-0.15, -0.1) is 11.3 Å². The molecule has 0 saturated carbocycles. The van der Waals surface area contributed by atoms with Crippen molar-refractivity contribution in [2.75, 3.05) is 23.8 Å². The van der Waals surface area contributed by atoms with E-state index in [9.17, 15) is 9.59 Å². The van der Waals surface area contributed by atoms with Crippen LogP contribution in [0.5, 0.6) is 11.5 Å². The lowest BCUT2D eigenvalue weighted by Crippen LogP contribution is -2.16. The molecule has 2 amide bonds. The van der Waals surface area contributed by atoms with Crippen molar-refractivity contribution in [1.82, 2.24) is 4.98 Å². The first-order chi connectivity index (χ1) is 14.2. The van der Waals surface area contributed by atoms with E-state index in [1.807, 2.05) is 23.6 Å². The normalized spacial score (nSPS) is 12.3. The molecule has 0 bridgehead atoms. The minimum absolute atomic E-state index is 0.121. The van der Waals surface area contributed by atoms with Crippen molar-refractivity contribution in [3.63, 3.8) is 0 Å². The van der Waals surface area contributed by atoms with E-state index >= 15 is 0 Å². The van der Waals surface area contributed by atoms with Crippen LogP contribution in [0.3, 0.4) is 0 Å². The fraction of sp³-hybridized carbons (Fsp3) is 0.190. The third-order valence-corrected chi connectivity index (χ3v) is 5.05. The van der Waals surface area contributed by atoms with Crippen LogP contribution in [-0.4, -0.2) is 30.0 Å². The Morgan fingerprint density at radius 3 is 2.62 bits per heavy atom. The number of thiazole rings is 1. The highest BCUT2D eigenvalue weighted by molar-refractivity contribution is 7.14. The van der Waals surface area contributed by atoms with Gasteiger partial charge in [0, 0.05) is 29.1 Å². The van der Waals surface area contributed by atoms with Crippen LogP contribution in [0.1, 0.15) is 22.5 Å². The second kappa shape index (κ2) is 8.74. The first-order valence-electron chi connectivity index (χ1n) is 9.18. The van der Waals surface area contributed by atoms with Crippen molar-refractivity contribution in [2.45, 2.75) is 12.8 Å². The highest BCUT2D eigenvalue weighted by Gasteiger charge is 2.13. The molecular formula is C21H19N3O4S. The molecule has 1 aromatic heterocycles. The number of rotatable bonds is 6. The van der Waals surface area contributed by atoms with Gasteiger partial charge >= 0.3 is 0 Å². The van der Waals surface area contributed by atoms with Gasteiger partial charge in [-0.05, 0) is 30.7 Å². The number of hydrogen-bond donors (Lipinski definition) is 2. The SMILES string of the molecule is O=C(CCc1csc(NC(=O)c2ccccc2)n1)Nc1ccc2c(c1)OCCO2. The Balaban J connectivity index is 1.28. The summed E-state index contributed by atoms with van der Waals surface area (Å²) in [5.74, 6) is 0.988. The van der Waals surface area contributed by atoms with E-state index < -0.39 is 0 Å². The van der Waals surface area contributed by atoms with Crippen LogP contribution in [0.25, 0.3) is 0 Å². The Hall–Kier alpha value is -3.39. The van der Waals surface area contributed by atoms with Gasteiger partial charge in [0.25, 0.3) is 5.91 Å². The van der Waals surface area contributed by atoms with Crippen molar-refractivity contribution < 1.29 is 19.1 Å². The molecule has 8 heteroatoms. The predicted molar refractivity (Wildman–Crippen MR) is 111 cm³/mol. The summed E-state index contributed by atoms with van der Waals surface area (Å²) in [6.07, 6.45) is 0.762. The lowest BCUT2D eigenvalue weighted by Gasteiger charge is -2.19. The summed E-state index contributed by atoms with van der Waals surface area (Å²) in [7, 11) is 0. The van der Waals surface area contributed by atoms with E-state index in [-0.39, 0.29) is 18.2 Å². The summed E-state index contributed by atoms with van der Waals surface area (Å²) < 4.78 is 11.0. The van der Waals surface area contributed by atoms with Gasteiger partial charge < -0.3 is 14.8 Å². The molecule has 4 rings (SSSR count). The second-order valence-electron chi connectivity index (χ2n) is 6.37. The van der Waals surface area contributed by atoms with Crippen LogP contribution in [-0.2, 0) is 11.2 Å². The standard InChI is InChI=1S/C21H19N3O4S/c25-19(22-15-6-8-17-18(12-15)28-11-10-27-17)9-7-16-13-29-21(23-16)24-20(26)14-4-2-1-3-5-14/h1-6,8,12-13H,7,9-11H2,(H,22,25)(H,23,24,26). The fourth-order valence-corrected chi connectivity index (χ4v) is 3.56. The van der Waals surface area contributed by atoms with Crippen LogP contribution in [0.4, 0.5) is 10.8 Å². The summed E-state index contributed by atoms with van der Waals surface area (Å²) in [6, 6.07) is 14.3. The molecule has 0 radical (unpaired) electrons. The number of aromatic nitrogens is 1. The molecule has 2 N–H and O–H groups in total. The van der Waals surface area contributed by atoms with Crippen molar-refractivity contribution in [2.24, 2.45) is 0 Å². The van der Waals surface area contributed by atoms with Crippen LogP contribution in [0.15, 0.2) is 53.9 Å². The number of nitrogens with zero attached hydrogens (tertiary/aromatic N) is 1. The molecule has 2 heterocycles. The summed E-state index contributed by atoms with van der Waals surface area (Å²) in [6.45, 7) is 1.03. The fourth-order valence-electron chi connectivity index (χ4n) is 2.82. The first-order valence-corrected chi connectivity index (χ1v) is 10.1. The number of fused-ring (bicyclic) bond motifs is 1. The molecule has 1 aliphatic heterocycles. The zero-order chi connectivity index (χ0) is 20.1. The zero-order valence-corrected chi connectivity index (χ0v) is 16.3. The smallest absolute Gasteiger partial charge is 0.257 e. The van der Waals surface area contributed by atoms with Gasteiger partial charge in [-0.2, -0.15) is 0 Å². The molecule has 7 nitrogen and oxygen atoms in total. The molecule has 3 aromatic rings. The van der Waals surface area contributed by atoms with E-state index in [1.165, 1.54) is 11.3 Å². The van der Waals surface area contributed by atoms with Crippen molar-refractivity contribution in [3.05, 3.63) is 65.2 Å². The summed E-state index contributed by atoms with van der Waals surface area (Å²) in [5, 5.41) is 7.99. The van der Waals surface area contributed by atoms with Crippen LogP contribution in [0, 0.1) is 0 Å². The Morgan fingerprint density at radius 1 is 1.00 bits per heavy atom. The second-order valence-corrected chi connectivity index (χ2v) is 7.23. The highest BCUT2D eigenvalue weighted by atomic mass is 32.1. The maximum Gasteiger partial charge on any atom is 0.257 e. The lowest BCUT2D eigenvalue weighted by atomic mass is 10.2. The number of nitrogens with one attached hydrogen (secondary N) is 2. The van der Waals surface area contributed by atoms with Gasteiger partial charge in [-0.1, -0.05) is 18.2 Å². The van der Waals surface area contributed by atoms with Crippen LogP contribution >= 0.6 is 11.3 Å². The third-order valence-electron chi connectivity index (χ3n) is 4.24. The number of hydrogen-bond acceptors (Lipinski definition) is 6. The molecule has 0 fully saturated rings. The van der Waals surface area contributed by atoms with Gasteiger partial charge in [0.15, 0.2) is 16.6 Å². The Morgan fingerprint density at radius 2 is 1.79 bits per heavy atom. The van der Waals surface area contributed by atoms with Gasteiger partial charge in [0.05, 0.1) is 5.69 Å². The molecule has 0 saturated heterocycles. The van der Waals surface area contributed by atoms with Crippen molar-refractivity contribution in [3.8, 4) is 11.5 Å². The molecular weight excluding hydrogens is 390 g/mol. The largest absolute Gasteiger partial charge is 0.486 e. The van der Waals surface area contributed by atoms with Crippen molar-refractivity contribution >= 4 is 34.0 Å². The molecule has 148 valence electrons. The average Bonchev–Trinajstić information content (AvgIpc) is 3.20. The zero-order valence-electron chi connectivity index (χ0n) is 15.5. The molecule has 2 aromatic carbocycles. The molecule has 0 spiro atoms. The number of carbonyl (C=O) groups excluding carboxylic acids is 2. The minimum Gasteiger partial charge on any atom is -0.486 e. The first kappa shape index (κ1) is 18.9. The maximum atomic E-state index is 12.2. The van der Waals surface area contributed by atoms with Gasteiger partial charge in [-0.3, -0.25) is 14.9 Å². The van der Waals surface area contributed by atoms with E-state index in [2.05, 4.69) is 15.6 Å². The number of amides is 2. The average molecular weight is 409 g/mol. The van der Waals surface area contributed by atoms with Crippen LogP contribution < -0.4 is 20.1 Å². The van der Waals surface area contributed by atoms with E-state index in [4.69, 9.17) is 9.47 Å². The summed E-state index contributed by atoms with van der Waals surface area (Å²) in [4.78, 5) is 28.8. The molecule has 0 unspecified atom stereocenters. The number of carbonyl (C=O) groups is 2. The Labute approximate surface area is 171 Å². The Bertz CT molecular complexity index is 1020. The topological polar surface area (TPSA) is 89.6 Å². The monoisotopic (exact) mass is 409 g/mol. The van der Waals surface area contributed by atoms with Gasteiger partial charge in [0.2, 0.25) is 5.91 Å². The Kier molecular flexibility index (Phi) is 5.71. The molecule has 29 heavy (non-hydrogen) atoms. The summed E-state index contributed by atoms with van der Waals surface area (Å²) in [5.41, 5.74) is 1.99. The summed E-state index contributed by atoms with van der Waals surface area (Å²) >= 11 is 1.34. The van der Waals surface area contributed by atoms with Gasteiger partial charge in [0.1, 0.15) is 13.2 Å².